The van der Waals surface area contributed by atoms with Crippen LogP contribution in [0.1, 0.15) is 23.3 Å². The third-order valence-corrected chi connectivity index (χ3v) is 3.91. The second kappa shape index (κ2) is 7.15. The first-order valence-corrected chi connectivity index (χ1v) is 8.10. The number of benzene rings is 2. The van der Waals surface area contributed by atoms with Crippen LogP contribution in [0.3, 0.4) is 0 Å². The highest BCUT2D eigenvalue weighted by Crippen LogP contribution is 2.24. The summed E-state index contributed by atoms with van der Waals surface area (Å²) in [5.41, 5.74) is 1.98. The van der Waals surface area contributed by atoms with E-state index in [0.717, 1.165) is 16.9 Å². The van der Waals surface area contributed by atoms with Gasteiger partial charge in [-0.2, -0.15) is 4.98 Å². The molecule has 2 aromatic carbocycles. The quantitative estimate of drug-likeness (QED) is 0.573. The predicted molar refractivity (Wildman–Crippen MR) is 93.6 cm³/mol. The molecule has 0 amide bonds. The summed E-state index contributed by atoms with van der Waals surface area (Å²) in [6.07, 6.45) is 1.66. The Morgan fingerprint density at radius 3 is 2.36 bits per heavy atom. The zero-order chi connectivity index (χ0) is 16.9. The molecule has 2 heterocycles. The average molecular weight is 331 g/mol. The van der Waals surface area contributed by atoms with Crippen molar-refractivity contribution < 1.29 is 8.94 Å². The molecule has 0 aliphatic rings. The fourth-order valence-corrected chi connectivity index (χ4v) is 2.67. The topological polar surface area (TPSA) is 64.1 Å². The van der Waals surface area contributed by atoms with Crippen LogP contribution >= 0.6 is 0 Å². The Bertz CT molecular complexity index is 903. The largest absolute Gasteiger partial charge is 0.468 e. The molecule has 0 saturated carbocycles. The Morgan fingerprint density at radius 1 is 0.880 bits per heavy atom. The number of rotatable bonds is 6. The lowest BCUT2D eigenvalue weighted by atomic mass is 10.1. The number of nitrogens with one attached hydrogen (secondary N) is 1. The molecule has 1 N–H and O–H groups in total. The van der Waals surface area contributed by atoms with E-state index in [-0.39, 0.29) is 6.04 Å². The molecule has 0 radical (unpaired) electrons. The molecule has 0 saturated heterocycles. The van der Waals surface area contributed by atoms with Gasteiger partial charge in [0.25, 0.3) is 0 Å². The molecule has 2 aromatic heterocycles. The smallest absolute Gasteiger partial charge is 0.248 e. The van der Waals surface area contributed by atoms with Crippen molar-refractivity contribution in [1.82, 2.24) is 15.5 Å². The van der Waals surface area contributed by atoms with E-state index in [1.165, 1.54) is 0 Å². The second-order valence-electron chi connectivity index (χ2n) is 5.63. The van der Waals surface area contributed by atoms with Crippen molar-refractivity contribution in [3.8, 4) is 11.4 Å². The van der Waals surface area contributed by atoms with Gasteiger partial charge in [-0.05, 0) is 17.7 Å². The molecule has 0 fully saturated rings. The van der Waals surface area contributed by atoms with Crippen LogP contribution in [0.4, 0.5) is 0 Å². The number of furan rings is 1. The molecule has 0 bridgehead atoms. The Balaban J connectivity index is 1.62. The Labute approximate surface area is 145 Å². The zero-order valence-corrected chi connectivity index (χ0v) is 13.5. The third-order valence-electron chi connectivity index (χ3n) is 3.91. The van der Waals surface area contributed by atoms with Crippen LogP contribution in [0.15, 0.2) is 88.0 Å². The van der Waals surface area contributed by atoms with E-state index in [2.05, 4.69) is 15.5 Å². The summed E-state index contributed by atoms with van der Waals surface area (Å²) in [6.45, 7) is 0.565. The van der Waals surface area contributed by atoms with E-state index >= 15 is 0 Å². The van der Waals surface area contributed by atoms with Crippen molar-refractivity contribution in [2.45, 2.75) is 12.6 Å². The molecule has 0 spiro atoms. The van der Waals surface area contributed by atoms with Crippen LogP contribution in [-0.2, 0) is 6.54 Å². The van der Waals surface area contributed by atoms with E-state index in [1.54, 1.807) is 6.26 Å². The van der Waals surface area contributed by atoms with E-state index in [4.69, 9.17) is 8.94 Å². The standard InChI is InChI=1S/C20H17N3O2/c1-3-8-15(9-4-1)18(21-14-17-12-7-13-24-17)20-22-19(23-25-20)16-10-5-2-6-11-16/h1-13,18,21H,14H2/t18-/m0/s1. The van der Waals surface area contributed by atoms with Crippen molar-refractivity contribution in [3.05, 3.63) is 96.3 Å². The van der Waals surface area contributed by atoms with Crippen molar-refractivity contribution in [2.24, 2.45) is 0 Å². The minimum Gasteiger partial charge on any atom is -0.468 e. The molecule has 4 rings (SSSR count). The summed E-state index contributed by atoms with van der Waals surface area (Å²) in [5, 5.41) is 7.56. The zero-order valence-electron chi connectivity index (χ0n) is 13.5. The number of hydrogen-bond donors (Lipinski definition) is 1. The minimum absolute atomic E-state index is 0.212. The number of aromatic nitrogens is 2. The lowest BCUT2D eigenvalue weighted by Crippen LogP contribution is -2.22. The lowest BCUT2D eigenvalue weighted by molar-refractivity contribution is 0.342. The van der Waals surface area contributed by atoms with Crippen LogP contribution < -0.4 is 5.32 Å². The van der Waals surface area contributed by atoms with Gasteiger partial charge < -0.3 is 8.94 Å². The number of nitrogens with zero attached hydrogens (tertiary/aromatic N) is 2. The van der Waals surface area contributed by atoms with Crippen LogP contribution in [0.5, 0.6) is 0 Å². The van der Waals surface area contributed by atoms with Crippen LogP contribution in [-0.4, -0.2) is 10.1 Å². The highest BCUT2D eigenvalue weighted by atomic mass is 16.5. The van der Waals surface area contributed by atoms with Gasteiger partial charge >= 0.3 is 0 Å². The third kappa shape index (κ3) is 3.51. The Hall–Kier alpha value is -3.18. The predicted octanol–water partition coefficient (Wildman–Crippen LogP) is 4.21. The van der Waals surface area contributed by atoms with Crippen LogP contribution in [0, 0.1) is 0 Å². The van der Waals surface area contributed by atoms with Gasteiger partial charge in [-0.15, -0.1) is 0 Å². The Morgan fingerprint density at radius 2 is 1.64 bits per heavy atom. The first-order chi connectivity index (χ1) is 12.4. The van der Waals surface area contributed by atoms with Gasteiger partial charge in [0.15, 0.2) is 0 Å². The summed E-state index contributed by atoms with van der Waals surface area (Å²) < 4.78 is 11.0. The highest BCUT2D eigenvalue weighted by Gasteiger charge is 2.21. The van der Waals surface area contributed by atoms with Gasteiger partial charge in [-0.25, -0.2) is 0 Å². The summed E-state index contributed by atoms with van der Waals surface area (Å²) in [5.74, 6) is 1.96. The molecule has 0 aliphatic carbocycles. The average Bonchev–Trinajstić information content (AvgIpc) is 3.36. The van der Waals surface area contributed by atoms with Crippen molar-refractivity contribution in [3.63, 3.8) is 0 Å². The molecule has 5 nitrogen and oxygen atoms in total. The molecule has 4 aromatic rings. The Kier molecular flexibility index (Phi) is 4.39. The van der Waals surface area contributed by atoms with Gasteiger partial charge in [0.1, 0.15) is 11.8 Å². The molecular weight excluding hydrogens is 314 g/mol. The first-order valence-electron chi connectivity index (χ1n) is 8.10. The van der Waals surface area contributed by atoms with Crippen molar-refractivity contribution in [1.29, 1.82) is 0 Å². The fraction of sp³-hybridized carbons (Fsp3) is 0.100. The maximum absolute atomic E-state index is 5.55. The number of hydrogen-bond acceptors (Lipinski definition) is 5. The molecule has 25 heavy (non-hydrogen) atoms. The van der Waals surface area contributed by atoms with Crippen molar-refractivity contribution >= 4 is 0 Å². The van der Waals surface area contributed by atoms with E-state index < -0.39 is 0 Å². The summed E-state index contributed by atoms with van der Waals surface area (Å²) >= 11 is 0. The molecule has 1 atom stereocenters. The maximum Gasteiger partial charge on any atom is 0.248 e. The lowest BCUT2D eigenvalue weighted by Gasteiger charge is -2.14. The van der Waals surface area contributed by atoms with E-state index in [1.807, 2.05) is 72.8 Å². The van der Waals surface area contributed by atoms with Gasteiger partial charge in [0.2, 0.25) is 11.7 Å². The summed E-state index contributed by atoms with van der Waals surface area (Å²) in [7, 11) is 0. The van der Waals surface area contributed by atoms with Crippen LogP contribution in [0.2, 0.25) is 0 Å². The monoisotopic (exact) mass is 331 g/mol. The maximum atomic E-state index is 5.55. The van der Waals surface area contributed by atoms with Gasteiger partial charge in [0, 0.05) is 5.56 Å². The van der Waals surface area contributed by atoms with Gasteiger partial charge in [0.05, 0.1) is 12.8 Å². The SMILES string of the molecule is c1ccc(-c2noc([C@@H](NCc3ccco3)c3ccccc3)n2)cc1. The second-order valence-corrected chi connectivity index (χ2v) is 5.63. The minimum atomic E-state index is -0.212. The van der Waals surface area contributed by atoms with Crippen LogP contribution in [0.25, 0.3) is 11.4 Å². The molecule has 0 unspecified atom stereocenters. The summed E-state index contributed by atoms with van der Waals surface area (Å²) in [6, 6.07) is 23.4. The molecule has 124 valence electrons. The van der Waals surface area contributed by atoms with Crippen molar-refractivity contribution in [2.75, 3.05) is 0 Å². The molecular formula is C20H17N3O2. The normalized spacial score (nSPS) is 12.2. The first kappa shape index (κ1) is 15.4. The molecule has 0 aliphatic heterocycles. The fourth-order valence-electron chi connectivity index (χ4n) is 2.67. The highest BCUT2D eigenvalue weighted by molar-refractivity contribution is 5.53. The molecule has 5 heteroatoms. The summed E-state index contributed by atoms with van der Waals surface area (Å²) in [4.78, 5) is 4.59. The van der Waals surface area contributed by atoms with Gasteiger partial charge in [-0.1, -0.05) is 65.8 Å². The van der Waals surface area contributed by atoms with Gasteiger partial charge in [-0.3, -0.25) is 5.32 Å². The van der Waals surface area contributed by atoms with E-state index in [0.29, 0.717) is 18.3 Å². The van der Waals surface area contributed by atoms with E-state index in [9.17, 15) is 0 Å².